The third-order valence-electron chi connectivity index (χ3n) is 3.62. The van der Waals surface area contributed by atoms with Crippen LogP contribution in [-0.4, -0.2) is 17.7 Å². The van der Waals surface area contributed by atoms with Gasteiger partial charge >= 0.3 is 0 Å². The molecule has 7 nitrogen and oxygen atoms in total. The summed E-state index contributed by atoms with van der Waals surface area (Å²) in [6.45, 7) is 0. The van der Waals surface area contributed by atoms with Crippen molar-refractivity contribution >= 4 is 46.6 Å². The van der Waals surface area contributed by atoms with Crippen LogP contribution >= 0.6 is 23.2 Å². The maximum absolute atomic E-state index is 12.2. The summed E-state index contributed by atoms with van der Waals surface area (Å²) in [5, 5.41) is 3.19. The van der Waals surface area contributed by atoms with E-state index in [2.05, 4.69) is 16.2 Å². The molecular formula is C19H13Cl2N3O4. The highest BCUT2D eigenvalue weighted by molar-refractivity contribution is 6.36. The molecule has 28 heavy (non-hydrogen) atoms. The molecule has 1 heterocycles. The van der Waals surface area contributed by atoms with Crippen LogP contribution in [0, 0.1) is 0 Å². The number of carbonyl (C=O) groups excluding carboxylic acids is 3. The van der Waals surface area contributed by atoms with Gasteiger partial charge < -0.3 is 9.73 Å². The van der Waals surface area contributed by atoms with Gasteiger partial charge in [0.15, 0.2) is 5.76 Å². The van der Waals surface area contributed by atoms with E-state index in [1.165, 1.54) is 42.7 Å². The zero-order valence-corrected chi connectivity index (χ0v) is 15.7. The van der Waals surface area contributed by atoms with E-state index >= 15 is 0 Å². The van der Waals surface area contributed by atoms with Crippen LogP contribution in [0.5, 0.6) is 0 Å². The fraction of sp³-hybridized carbons (Fsp3) is 0. The number of nitrogens with one attached hydrogen (secondary N) is 3. The SMILES string of the molecule is O=C(NNC(=O)c1ccc(Cl)cc1Cl)c1ccc(NC(=O)c2ccco2)cc1. The highest BCUT2D eigenvalue weighted by Crippen LogP contribution is 2.20. The Morgan fingerprint density at radius 3 is 2.18 bits per heavy atom. The molecule has 0 radical (unpaired) electrons. The molecule has 9 heteroatoms. The first kappa shape index (κ1) is 19.5. The smallest absolute Gasteiger partial charge is 0.291 e. The Morgan fingerprint density at radius 2 is 1.54 bits per heavy atom. The number of furan rings is 1. The zero-order valence-electron chi connectivity index (χ0n) is 14.2. The van der Waals surface area contributed by atoms with Crippen molar-refractivity contribution < 1.29 is 18.8 Å². The molecule has 0 saturated heterocycles. The lowest BCUT2D eigenvalue weighted by Gasteiger charge is -2.09. The van der Waals surface area contributed by atoms with Gasteiger partial charge in [-0.15, -0.1) is 0 Å². The summed E-state index contributed by atoms with van der Waals surface area (Å²) in [7, 11) is 0. The number of amides is 3. The topological polar surface area (TPSA) is 100 Å². The van der Waals surface area contributed by atoms with Gasteiger partial charge in [0.2, 0.25) is 0 Å². The van der Waals surface area contributed by atoms with E-state index in [4.69, 9.17) is 27.6 Å². The van der Waals surface area contributed by atoms with Gasteiger partial charge in [-0.05, 0) is 54.6 Å². The predicted molar refractivity (Wildman–Crippen MR) is 104 cm³/mol. The zero-order chi connectivity index (χ0) is 20.1. The molecule has 0 bridgehead atoms. The van der Waals surface area contributed by atoms with Gasteiger partial charge in [-0.25, -0.2) is 0 Å². The summed E-state index contributed by atoms with van der Waals surface area (Å²) >= 11 is 11.7. The molecule has 0 saturated carbocycles. The molecule has 3 amide bonds. The average molecular weight is 418 g/mol. The van der Waals surface area contributed by atoms with Crippen molar-refractivity contribution in [1.82, 2.24) is 10.9 Å². The molecule has 0 aliphatic heterocycles. The first-order chi connectivity index (χ1) is 13.4. The number of hydrogen-bond acceptors (Lipinski definition) is 4. The second-order valence-corrected chi connectivity index (χ2v) is 6.38. The number of benzene rings is 2. The Morgan fingerprint density at radius 1 is 0.821 bits per heavy atom. The van der Waals surface area contributed by atoms with Crippen molar-refractivity contribution in [1.29, 1.82) is 0 Å². The summed E-state index contributed by atoms with van der Waals surface area (Å²) in [5.74, 6) is -1.36. The highest BCUT2D eigenvalue weighted by atomic mass is 35.5. The van der Waals surface area contributed by atoms with Gasteiger partial charge in [-0.1, -0.05) is 23.2 Å². The van der Waals surface area contributed by atoms with Gasteiger partial charge in [0.25, 0.3) is 17.7 Å². The first-order valence-electron chi connectivity index (χ1n) is 7.94. The molecule has 0 spiro atoms. The van der Waals surface area contributed by atoms with E-state index in [1.54, 1.807) is 18.2 Å². The number of anilines is 1. The van der Waals surface area contributed by atoms with Crippen LogP contribution in [-0.2, 0) is 0 Å². The number of halogens is 2. The van der Waals surface area contributed by atoms with Gasteiger partial charge in [0, 0.05) is 16.3 Å². The molecule has 3 aromatic rings. The fourth-order valence-electron chi connectivity index (χ4n) is 2.23. The van der Waals surface area contributed by atoms with E-state index in [-0.39, 0.29) is 21.9 Å². The largest absolute Gasteiger partial charge is 0.459 e. The molecule has 3 rings (SSSR count). The molecule has 0 aliphatic rings. The van der Waals surface area contributed by atoms with Gasteiger partial charge in [0.05, 0.1) is 16.8 Å². The normalized spacial score (nSPS) is 10.2. The minimum atomic E-state index is -0.586. The van der Waals surface area contributed by atoms with Crippen molar-refractivity contribution in [2.24, 2.45) is 0 Å². The van der Waals surface area contributed by atoms with Crippen LogP contribution in [0.3, 0.4) is 0 Å². The van der Waals surface area contributed by atoms with Gasteiger partial charge in [-0.2, -0.15) is 0 Å². The molecule has 1 aromatic heterocycles. The lowest BCUT2D eigenvalue weighted by molar-refractivity contribution is 0.0847. The molecular weight excluding hydrogens is 405 g/mol. The molecule has 3 N–H and O–H groups in total. The van der Waals surface area contributed by atoms with Crippen molar-refractivity contribution in [2.45, 2.75) is 0 Å². The summed E-state index contributed by atoms with van der Waals surface area (Å²) in [5.41, 5.74) is 5.49. The van der Waals surface area contributed by atoms with Crippen LogP contribution in [0.15, 0.2) is 65.3 Å². The number of carbonyl (C=O) groups is 3. The van der Waals surface area contributed by atoms with Crippen molar-refractivity contribution in [3.05, 3.63) is 87.8 Å². The molecule has 0 aliphatic carbocycles. The highest BCUT2D eigenvalue weighted by Gasteiger charge is 2.13. The lowest BCUT2D eigenvalue weighted by Crippen LogP contribution is -2.41. The number of rotatable bonds is 4. The van der Waals surface area contributed by atoms with E-state index in [0.717, 1.165) is 0 Å². The maximum atomic E-state index is 12.2. The Hall–Kier alpha value is -3.29. The monoisotopic (exact) mass is 417 g/mol. The van der Waals surface area contributed by atoms with Crippen LogP contribution in [0.4, 0.5) is 5.69 Å². The van der Waals surface area contributed by atoms with E-state index in [0.29, 0.717) is 10.7 Å². The minimum absolute atomic E-state index is 0.163. The first-order valence-corrected chi connectivity index (χ1v) is 8.70. The fourth-order valence-corrected chi connectivity index (χ4v) is 2.73. The maximum Gasteiger partial charge on any atom is 0.291 e. The van der Waals surface area contributed by atoms with Crippen LogP contribution in [0.2, 0.25) is 10.0 Å². The predicted octanol–water partition coefficient (Wildman–Crippen LogP) is 3.91. The standard InChI is InChI=1S/C19H13Cl2N3O4/c20-12-5-8-14(15(21)10-12)18(26)24-23-17(25)11-3-6-13(7-4-11)22-19(27)16-2-1-9-28-16/h1-10H,(H,22,27)(H,23,25)(H,24,26). The molecule has 142 valence electrons. The summed E-state index contributed by atoms with van der Waals surface area (Å²) < 4.78 is 5.00. The number of hydrogen-bond donors (Lipinski definition) is 3. The molecule has 0 atom stereocenters. The third-order valence-corrected chi connectivity index (χ3v) is 4.16. The van der Waals surface area contributed by atoms with Crippen LogP contribution in [0.1, 0.15) is 31.3 Å². The Balaban J connectivity index is 1.57. The average Bonchev–Trinajstić information content (AvgIpc) is 3.21. The summed E-state index contributed by atoms with van der Waals surface area (Å²) in [6, 6.07) is 13.6. The van der Waals surface area contributed by atoms with Crippen LogP contribution in [0.25, 0.3) is 0 Å². The Labute approximate surface area is 169 Å². The van der Waals surface area contributed by atoms with Gasteiger partial charge in [0.1, 0.15) is 0 Å². The van der Waals surface area contributed by atoms with Crippen LogP contribution < -0.4 is 16.2 Å². The Bertz CT molecular complexity index is 1020. The quantitative estimate of drug-likeness (QED) is 0.560. The van der Waals surface area contributed by atoms with Crippen molar-refractivity contribution in [3.63, 3.8) is 0 Å². The summed E-state index contributed by atoms with van der Waals surface area (Å²) in [6.07, 6.45) is 1.40. The molecule has 2 aromatic carbocycles. The number of hydrazine groups is 1. The molecule has 0 fully saturated rings. The van der Waals surface area contributed by atoms with E-state index in [1.807, 2.05) is 0 Å². The van der Waals surface area contributed by atoms with Gasteiger partial charge in [-0.3, -0.25) is 25.2 Å². The Kier molecular flexibility index (Phi) is 5.98. The summed E-state index contributed by atoms with van der Waals surface area (Å²) in [4.78, 5) is 36.2. The van der Waals surface area contributed by atoms with E-state index < -0.39 is 17.7 Å². The second-order valence-electron chi connectivity index (χ2n) is 5.54. The minimum Gasteiger partial charge on any atom is -0.459 e. The van der Waals surface area contributed by atoms with Crippen molar-refractivity contribution in [2.75, 3.05) is 5.32 Å². The van der Waals surface area contributed by atoms with Crippen molar-refractivity contribution in [3.8, 4) is 0 Å². The lowest BCUT2D eigenvalue weighted by atomic mass is 10.2. The van der Waals surface area contributed by atoms with E-state index in [9.17, 15) is 14.4 Å². The second kappa shape index (κ2) is 8.60. The third kappa shape index (κ3) is 4.70. The molecule has 0 unspecified atom stereocenters.